The predicted octanol–water partition coefficient (Wildman–Crippen LogP) is 3.38. The smallest absolute Gasteiger partial charge is 0.256 e. The summed E-state index contributed by atoms with van der Waals surface area (Å²) in [4.78, 5) is 14.8. The Balaban J connectivity index is 1.83. The summed E-state index contributed by atoms with van der Waals surface area (Å²) in [7, 11) is 0. The molecule has 0 saturated carbocycles. The lowest BCUT2D eigenvalue weighted by Gasteiger charge is -2.30. The van der Waals surface area contributed by atoms with Crippen LogP contribution in [0.25, 0.3) is 0 Å². The third-order valence-corrected chi connectivity index (χ3v) is 4.56. The van der Waals surface area contributed by atoms with Gasteiger partial charge in [0.1, 0.15) is 0 Å². The van der Waals surface area contributed by atoms with E-state index < -0.39 is 0 Å². The maximum Gasteiger partial charge on any atom is 0.256 e. The first-order valence-corrected chi connectivity index (χ1v) is 8.31. The molecule has 0 radical (unpaired) electrons. The molecule has 2 aromatic carbocycles. The molecule has 0 bridgehead atoms. The van der Waals surface area contributed by atoms with Crippen molar-refractivity contribution in [1.29, 1.82) is 0 Å². The molecule has 1 heterocycles. The minimum Gasteiger partial charge on any atom is -0.378 e. The quantitative estimate of drug-likeness (QED) is 0.792. The number of rotatable bonds is 3. The molecule has 22 heavy (non-hydrogen) atoms. The first-order valence-electron chi connectivity index (χ1n) is 7.23. The van der Waals surface area contributed by atoms with Gasteiger partial charge in [-0.3, -0.25) is 4.79 Å². The number of carbonyl (C=O) groups excluding carboxylic acids is 1. The fourth-order valence-corrected chi connectivity index (χ4v) is 3.13. The van der Waals surface area contributed by atoms with Crippen LogP contribution >= 0.6 is 22.6 Å². The van der Waals surface area contributed by atoms with Gasteiger partial charge in [0.25, 0.3) is 5.91 Å². The van der Waals surface area contributed by atoms with E-state index in [2.05, 4.69) is 32.8 Å². The summed E-state index contributed by atoms with van der Waals surface area (Å²) in [5.74, 6) is -0.0780. The highest BCUT2D eigenvalue weighted by atomic mass is 127. The molecule has 4 nitrogen and oxygen atoms in total. The zero-order valence-corrected chi connectivity index (χ0v) is 14.2. The highest BCUT2D eigenvalue weighted by Crippen LogP contribution is 2.27. The van der Waals surface area contributed by atoms with Gasteiger partial charge in [-0.1, -0.05) is 24.3 Å². The number of amides is 1. The van der Waals surface area contributed by atoms with Gasteiger partial charge in [0.15, 0.2) is 0 Å². The van der Waals surface area contributed by atoms with Crippen molar-refractivity contribution in [3.8, 4) is 0 Å². The van der Waals surface area contributed by atoms with E-state index in [4.69, 9.17) is 4.74 Å². The number of hydrogen-bond acceptors (Lipinski definition) is 3. The van der Waals surface area contributed by atoms with Crippen LogP contribution in [0, 0.1) is 3.57 Å². The van der Waals surface area contributed by atoms with Crippen LogP contribution in [-0.2, 0) is 4.74 Å². The molecular weight excluding hydrogens is 391 g/mol. The number of anilines is 2. The average molecular weight is 408 g/mol. The first kappa shape index (κ1) is 15.3. The number of nitrogens with one attached hydrogen (secondary N) is 1. The maximum atomic E-state index is 12.5. The lowest BCUT2D eigenvalue weighted by Crippen LogP contribution is -2.36. The lowest BCUT2D eigenvalue weighted by molar-refractivity contribution is 0.102. The molecule has 0 aromatic heterocycles. The van der Waals surface area contributed by atoms with Crippen molar-refractivity contribution in [2.75, 3.05) is 36.5 Å². The molecule has 0 atom stereocenters. The van der Waals surface area contributed by atoms with Gasteiger partial charge in [-0.2, -0.15) is 0 Å². The summed E-state index contributed by atoms with van der Waals surface area (Å²) >= 11 is 2.18. The molecule has 1 aliphatic rings. The Morgan fingerprint density at radius 2 is 1.73 bits per heavy atom. The molecule has 0 spiro atoms. The van der Waals surface area contributed by atoms with E-state index in [-0.39, 0.29) is 5.91 Å². The van der Waals surface area contributed by atoms with E-state index >= 15 is 0 Å². The fraction of sp³-hybridized carbons (Fsp3) is 0.235. The molecule has 114 valence electrons. The summed E-state index contributed by atoms with van der Waals surface area (Å²) in [5, 5.41) is 3.04. The van der Waals surface area contributed by atoms with Gasteiger partial charge in [0.05, 0.1) is 30.2 Å². The lowest BCUT2D eigenvalue weighted by atomic mass is 10.2. The molecular formula is C17H17IN2O2. The van der Waals surface area contributed by atoms with Gasteiger partial charge in [-0.25, -0.2) is 0 Å². The number of nitrogens with zero attached hydrogens (tertiary/aromatic N) is 1. The number of halogens is 1. The third kappa shape index (κ3) is 3.41. The van der Waals surface area contributed by atoms with E-state index in [0.29, 0.717) is 5.56 Å². The standard InChI is InChI=1S/C17H17IN2O2/c18-14-6-2-1-5-13(14)17(21)19-15-7-3-4-8-16(15)20-9-11-22-12-10-20/h1-8H,9-12H2,(H,19,21). The SMILES string of the molecule is O=C(Nc1ccccc1N1CCOCC1)c1ccccc1I. The highest BCUT2D eigenvalue weighted by Gasteiger charge is 2.17. The molecule has 0 unspecified atom stereocenters. The van der Waals surface area contributed by atoms with Crippen LogP contribution in [0.4, 0.5) is 11.4 Å². The monoisotopic (exact) mass is 408 g/mol. The summed E-state index contributed by atoms with van der Waals surface area (Å²) in [5.41, 5.74) is 2.58. The Labute approximate surface area is 143 Å². The Kier molecular flexibility index (Phi) is 4.94. The highest BCUT2D eigenvalue weighted by molar-refractivity contribution is 14.1. The molecule has 1 fully saturated rings. The van der Waals surface area contributed by atoms with Crippen molar-refractivity contribution >= 4 is 39.9 Å². The largest absolute Gasteiger partial charge is 0.378 e. The maximum absolute atomic E-state index is 12.5. The predicted molar refractivity (Wildman–Crippen MR) is 96.6 cm³/mol. The molecule has 1 N–H and O–H groups in total. The van der Waals surface area contributed by atoms with E-state index in [9.17, 15) is 4.79 Å². The van der Waals surface area contributed by atoms with Crippen molar-refractivity contribution in [1.82, 2.24) is 0 Å². The van der Waals surface area contributed by atoms with Crippen molar-refractivity contribution < 1.29 is 9.53 Å². The summed E-state index contributed by atoms with van der Waals surface area (Å²) < 4.78 is 6.34. The summed E-state index contributed by atoms with van der Waals surface area (Å²) in [6, 6.07) is 15.5. The minimum absolute atomic E-state index is 0.0780. The van der Waals surface area contributed by atoms with Crippen LogP contribution in [0.2, 0.25) is 0 Å². The Morgan fingerprint density at radius 3 is 2.50 bits per heavy atom. The van der Waals surface area contributed by atoms with Gasteiger partial charge in [-0.15, -0.1) is 0 Å². The molecule has 1 saturated heterocycles. The van der Waals surface area contributed by atoms with E-state index in [1.807, 2.05) is 48.5 Å². The minimum atomic E-state index is -0.0780. The average Bonchev–Trinajstić information content (AvgIpc) is 2.56. The number of hydrogen-bond donors (Lipinski definition) is 1. The van der Waals surface area contributed by atoms with Gasteiger partial charge >= 0.3 is 0 Å². The number of para-hydroxylation sites is 2. The van der Waals surface area contributed by atoms with Crippen LogP contribution in [0.1, 0.15) is 10.4 Å². The van der Waals surface area contributed by atoms with Crippen LogP contribution in [0.15, 0.2) is 48.5 Å². The number of morpholine rings is 1. The van der Waals surface area contributed by atoms with Crippen molar-refractivity contribution in [2.45, 2.75) is 0 Å². The molecule has 3 rings (SSSR count). The number of carbonyl (C=O) groups is 1. The molecule has 1 aliphatic heterocycles. The zero-order valence-electron chi connectivity index (χ0n) is 12.1. The van der Waals surface area contributed by atoms with Gasteiger partial charge < -0.3 is 15.0 Å². The van der Waals surface area contributed by atoms with Crippen molar-refractivity contribution in [2.24, 2.45) is 0 Å². The Morgan fingerprint density at radius 1 is 1.05 bits per heavy atom. The second-order valence-corrected chi connectivity index (χ2v) is 6.21. The molecule has 0 aliphatic carbocycles. The second-order valence-electron chi connectivity index (χ2n) is 5.05. The van der Waals surface area contributed by atoms with Crippen LogP contribution in [0.5, 0.6) is 0 Å². The fourth-order valence-electron chi connectivity index (χ4n) is 2.49. The van der Waals surface area contributed by atoms with Crippen LogP contribution in [0.3, 0.4) is 0 Å². The van der Waals surface area contributed by atoms with Crippen LogP contribution in [-0.4, -0.2) is 32.2 Å². The third-order valence-electron chi connectivity index (χ3n) is 3.62. The molecule has 5 heteroatoms. The number of benzene rings is 2. The molecule has 2 aromatic rings. The van der Waals surface area contributed by atoms with E-state index in [0.717, 1.165) is 41.2 Å². The van der Waals surface area contributed by atoms with Crippen molar-refractivity contribution in [3.63, 3.8) is 0 Å². The van der Waals surface area contributed by atoms with Crippen LogP contribution < -0.4 is 10.2 Å². The van der Waals surface area contributed by atoms with Gasteiger partial charge in [-0.05, 0) is 46.9 Å². The second kappa shape index (κ2) is 7.11. The van der Waals surface area contributed by atoms with E-state index in [1.54, 1.807) is 0 Å². The van der Waals surface area contributed by atoms with Crippen molar-refractivity contribution in [3.05, 3.63) is 57.7 Å². The number of ether oxygens (including phenoxy) is 1. The topological polar surface area (TPSA) is 41.6 Å². The summed E-state index contributed by atoms with van der Waals surface area (Å²) in [6.45, 7) is 3.13. The van der Waals surface area contributed by atoms with Gasteiger partial charge in [0, 0.05) is 16.7 Å². The first-order chi connectivity index (χ1) is 10.8. The van der Waals surface area contributed by atoms with E-state index in [1.165, 1.54) is 0 Å². The summed E-state index contributed by atoms with van der Waals surface area (Å²) in [6.07, 6.45) is 0. The Bertz CT molecular complexity index is 669. The Hall–Kier alpha value is -1.60. The van der Waals surface area contributed by atoms with Gasteiger partial charge in [0.2, 0.25) is 0 Å². The zero-order chi connectivity index (χ0) is 15.4. The molecule has 1 amide bonds. The normalized spacial score (nSPS) is 14.7.